The Labute approximate surface area is 157 Å². The van der Waals surface area contributed by atoms with E-state index in [4.69, 9.17) is 32.0 Å². The molecular weight excluding hydrogens is 396 g/mol. The first-order valence-electron chi connectivity index (χ1n) is 7.90. The van der Waals surface area contributed by atoms with Gasteiger partial charge in [-0.05, 0) is 37.1 Å². The van der Waals surface area contributed by atoms with Crippen molar-refractivity contribution in [3.63, 3.8) is 0 Å². The molecule has 11 heteroatoms. The van der Waals surface area contributed by atoms with Crippen LogP contribution in [0.15, 0.2) is 18.2 Å². The topological polar surface area (TPSA) is 92.9 Å². The van der Waals surface area contributed by atoms with E-state index in [2.05, 4.69) is 0 Å². The predicted molar refractivity (Wildman–Crippen MR) is 89.0 cm³/mol. The normalized spacial score (nSPS) is 16.5. The molecule has 27 heavy (non-hydrogen) atoms. The van der Waals surface area contributed by atoms with Crippen LogP contribution < -0.4 is 10.5 Å². The molecule has 1 heterocycles. The number of alkyl halides is 3. The summed E-state index contributed by atoms with van der Waals surface area (Å²) in [6, 6.07) is 3.92. The summed E-state index contributed by atoms with van der Waals surface area (Å²) in [7, 11) is 0. The molecule has 0 radical (unpaired) electrons. The Kier molecular flexibility index (Phi) is 8.77. The van der Waals surface area contributed by atoms with Crippen molar-refractivity contribution in [2.45, 2.75) is 19.0 Å². The fraction of sp³-hybridized carbons (Fsp3) is 0.500. The highest BCUT2D eigenvalue weighted by Gasteiger charge is 2.38. The van der Waals surface area contributed by atoms with Crippen molar-refractivity contribution in [1.29, 1.82) is 0 Å². The van der Waals surface area contributed by atoms with Gasteiger partial charge in [-0.15, -0.1) is 0 Å². The van der Waals surface area contributed by atoms with Crippen LogP contribution in [0.25, 0.3) is 0 Å². The number of nitrogens with two attached hydrogens (primary N) is 1. The van der Waals surface area contributed by atoms with Crippen molar-refractivity contribution in [2.75, 3.05) is 26.2 Å². The summed E-state index contributed by atoms with van der Waals surface area (Å²) >= 11 is 5.84. The van der Waals surface area contributed by atoms with E-state index in [0.29, 0.717) is 18.2 Å². The van der Waals surface area contributed by atoms with Crippen LogP contribution in [-0.2, 0) is 9.59 Å². The molecule has 1 unspecified atom stereocenters. The van der Waals surface area contributed by atoms with Crippen LogP contribution in [0, 0.1) is 11.7 Å². The lowest BCUT2D eigenvalue weighted by Crippen LogP contribution is -2.30. The van der Waals surface area contributed by atoms with Gasteiger partial charge >= 0.3 is 12.1 Å². The van der Waals surface area contributed by atoms with Crippen molar-refractivity contribution in [1.82, 2.24) is 4.90 Å². The highest BCUT2D eigenvalue weighted by Crippen LogP contribution is 2.25. The Hall–Kier alpha value is -2.07. The highest BCUT2D eigenvalue weighted by molar-refractivity contribution is 6.32. The maximum absolute atomic E-state index is 12.9. The number of hydrogen-bond acceptors (Lipinski definition) is 4. The molecule has 1 aromatic carbocycles. The van der Waals surface area contributed by atoms with Gasteiger partial charge in [0.05, 0.1) is 18.1 Å². The van der Waals surface area contributed by atoms with Crippen molar-refractivity contribution in [2.24, 2.45) is 11.7 Å². The molecule has 3 N–H and O–H groups in total. The zero-order valence-corrected chi connectivity index (χ0v) is 14.9. The molecule has 1 saturated heterocycles. The van der Waals surface area contributed by atoms with Crippen LogP contribution in [0.4, 0.5) is 17.6 Å². The monoisotopic (exact) mass is 414 g/mol. The highest BCUT2D eigenvalue weighted by atomic mass is 35.5. The lowest BCUT2D eigenvalue weighted by atomic mass is 10.1. The first kappa shape index (κ1) is 23.0. The van der Waals surface area contributed by atoms with E-state index in [0.717, 1.165) is 19.5 Å². The van der Waals surface area contributed by atoms with Crippen LogP contribution in [0.1, 0.15) is 12.8 Å². The maximum Gasteiger partial charge on any atom is 0.490 e. The van der Waals surface area contributed by atoms with Gasteiger partial charge in [0.1, 0.15) is 11.6 Å². The average Bonchev–Trinajstić information content (AvgIpc) is 3.05. The first-order chi connectivity index (χ1) is 12.5. The second kappa shape index (κ2) is 10.3. The fourth-order valence-electron chi connectivity index (χ4n) is 2.25. The summed E-state index contributed by atoms with van der Waals surface area (Å²) in [6.07, 6.45) is -3.84. The Bertz CT molecular complexity index is 658. The van der Waals surface area contributed by atoms with E-state index in [1.807, 2.05) is 4.90 Å². The van der Waals surface area contributed by atoms with Gasteiger partial charge in [0, 0.05) is 13.1 Å². The minimum absolute atomic E-state index is 0.0548. The van der Waals surface area contributed by atoms with E-state index in [9.17, 15) is 22.4 Å². The molecule has 0 saturated carbocycles. The third-order valence-corrected chi connectivity index (χ3v) is 3.98. The van der Waals surface area contributed by atoms with Gasteiger partial charge in [-0.2, -0.15) is 13.2 Å². The van der Waals surface area contributed by atoms with E-state index in [-0.39, 0.29) is 24.0 Å². The predicted octanol–water partition coefficient (Wildman–Crippen LogP) is 2.69. The lowest BCUT2D eigenvalue weighted by molar-refractivity contribution is -0.192. The van der Waals surface area contributed by atoms with Gasteiger partial charge in [-0.1, -0.05) is 11.6 Å². The Morgan fingerprint density at radius 3 is 2.48 bits per heavy atom. The van der Waals surface area contributed by atoms with Crippen molar-refractivity contribution in [3.05, 3.63) is 29.0 Å². The summed E-state index contributed by atoms with van der Waals surface area (Å²) in [5, 5.41) is 7.34. The summed E-state index contributed by atoms with van der Waals surface area (Å²) in [4.78, 5) is 22.7. The molecule has 1 atom stereocenters. The summed E-state index contributed by atoms with van der Waals surface area (Å²) in [6.45, 7) is 2.34. The van der Waals surface area contributed by atoms with Crippen LogP contribution in [-0.4, -0.2) is 54.3 Å². The second-order valence-corrected chi connectivity index (χ2v) is 6.11. The molecule has 0 bridgehead atoms. The number of amides is 1. The van der Waals surface area contributed by atoms with Gasteiger partial charge in [-0.3, -0.25) is 4.79 Å². The van der Waals surface area contributed by atoms with Gasteiger partial charge in [0.15, 0.2) is 0 Å². The van der Waals surface area contributed by atoms with E-state index in [1.165, 1.54) is 18.2 Å². The molecule has 1 aliphatic rings. The number of nitrogens with zero attached hydrogens (tertiary/aromatic N) is 1. The third-order valence-electron chi connectivity index (χ3n) is 3.68. The average molecular weight is 415 g/mol. The standard InChI is InChI=1S/C14H18ClFN2O2.C2HF3O2/c15-12-7-11(16)1-2-13(12)20-6-4-14(19)18-5-3-10(8-17)9-18;3-2(4,5)1(6)7/h1-2,7,10H,3-6,8-9,17H2;(H,6,7). The van der Waals surface area contributed by atoms with Crippen molar-refractivity contribution >= 4 is 23.5 Å². The summed E-state index contributed by atoms with van der Waals surface area (Å²) in [5.41, 5.74) is 5.59. The Balaban J connectivity index is 0.000000445. The molecule has 0 aromatic heterocycles. The van der Waals surface area contributed by atoms with Gasteiger partial charge in [0.2, 0.25) is 5.91 Å². The number of rotatable bonds is 5. The zero-order chi connectivity index (χ0) is 20.6. The first-order valence-corrected chi connectivity index (χ1v) is 8.28. The number of carboxylic acid groups (broad SMARTS) is 1. The van der Waals surface area contributed by atoms with Crippen LogP contribution >= 0.6 is 11.6 Å². The number of likely N-dealkylation sites (tertiary alicyclic amines) is 1. The van der Waals surface area contributed by atoms with Gasteiger partial charge in [-0.25, -0.2) is 9.18 Å². The van der Waals surface area contributed by atoms with Crippen molar-refractivity contribution in [3.8, 4) is 5.75 Å². The minimum Gasteiger partial charge on any atom is -0.491 e. The van der Waals surface area contributed by atoms with E-state index >= 15 is 0 Å². The minimum atomic E-state index is -5.08. The molecule has 6 nitrogen and oxygen atoms in total. The number of aliphatic carboxylic acids is 1. The number of carbonyl (C=O) groups excluding carboxylic acids is 1. The zero-order valence-electron chi connectivity index (χ0n) is 14.1. The number of carboxylic acids is 1. The smallest absolute Gasteiger partial charge is 0.490 e. The van der Waals surface area contributed by atoms with Crippen LogP contribution in [0.3, 0.4) is 0 Å². The molecule has 1 aromatic rings. The molecule has 2 rings (SSSR count). The van der Waals surface area contributed by atoms with E-state index in [1.54, 1.807) is 0 Å². The molecule has 1 aliphatic heterocycles. The summed E-state index contributed by atoms with van der Waals surface area (Å²) in [5.74, 6) is -2.32. The van der Waals surface area contributed by atoms with Gasteiger partial charge in [0.25, 0.3) is 0 Å². The summed E-state index contributed by atoms with van der Waals surface area (Å²) < 4.78 is 50.0. The van der Waals surface area contributed by atoms with E-state index < -0.39 is 18.0 Å². The second-order valence-electron chi connectivity index (χ2n) is 5.71. The van der Waals surface area contributed by atoms with Crippen LogP contribution in [0.5, 0.6) is 5.75 Å². The van der Waals surface area contributed by atoms with Crippen LogP contribution in [0.2, 0.25) is 5.02 Å². The largest absolute Gasteiger partial charge is 0.491 e. The Morgan fingerprint density at radius 2 is 2.00 bits per heavy atom. The molecule has 0 aliphatic carbocycles. The fourth-order valence-corrected chi connectivity index (χ4v) is 2.47. The number of ether oxygens (including phenoxy) is 1. The number of halogens is 5. The molecule has 1 amide bonds. The quantitative estimate of drug-likeness (QED) is 0.723. The lowest BCUT2D eigenvalue weighted by Gasteiger charge is -2.16. The Morgan fingerprint density at radius 1 is 1.37 bits per heavy atom. The molecule has 152 valence electrons. The van der Waals surface area contributed by atoms with Gasteiger partial charge < -0.3 is 20.5 Å². The number of hydrogen-bond donors (Lipinski definition) is 2. The number of carbonyl (C=O) groups is 2. The SMILES string of the molecule is NCC1CCN(C(=O)CCOc2ccc(F)cc2Cl)C1.O=C(O)C(F)(F)F. The molecule has 1 fully saturated rings. The molecule has 0 spiro atoms. The third kappa shape index (κ3) is 8.00. The maximum atomic E-state index is 12.9. The number of benzene rings is 1. The van der Waals surface area contributed by atoms with Crippen molar-refractivity contribution < 1.29 is 37.0 Å². The molecular formula is C16H19ClF4N2O4.